The van der Waals surface area contributed by atoms with Crippen LogP contribution in [0, 0.1) is 0 Å². The maximum absolute atomic E-state index is 12.4. The van der Waals surface area contributed by atoms with Crippen molar-refractivity contribution in [3.8, 4) is 0 Å². The Balaban J connectivity index is 4.79. The van der Waals surface area contributed by atoms with Gasteiger partial charge in [-0.25, -0.2) is 0 Å². The lowest BCUT2D eigenvalue weighted by atomic mass is 10.1. The van der Waals surface area contributed by atoms with Crippen LogP contribution in [-0.4, -0.2) is 53.2 Å². The van der Waals surface area contributed by atoms with Crippen LogP contribution in [0.2, 0.25) is 0 Å². The summed E-state index contributed by atoms with van der Waals surface area (Å²) >= 11 is 0. The molecule has 0 saturated carbocycles. The third-order valence-electron chi connectivity index (χ3n) is 2.98. The van der Waals surface area contributed by atoms with Crippen LogP contribution in [0.15, 0.2) is 0 Å². The summed E-state index contributed by atoms with van der Waals surface area (Å²) in [5.74, 6) is -2.00. The standard InChI is InChI=1S/C12H21F3N2O3/c1-4-9(5-2)16-11(20)8(3)17(6-10(18)19)7-12(13,14)15/h8-9H,4-7H2,1-3H3,(H,16,20)(H,18,19). The van der Waals surface area contributed by atoms with Gasteiger partial charge in [0.2, 0.25) is 5.91 Å². The summed E-state index contributed by atoms with van der Waals surface area (Å²) in [6, 6.07) is -1.28. The molecular weight excluding hydrogens is 277 g/mol. The first-order valence-electron chi connectivity index (χ1n) is 6.43. The van der Waals surface area contributed by atoms with Crippen molar-refractivity contribution in [2.45, 2.75) is 51.9 Å². The normalized spacial score (nSPS) is 13.6. The van der Waals surface area contributed by atoms with Crippen LogP contribution in [0.1, 0.15) is 33.6 Å². The minimum Gasteiger partial charge on any atom is -0.480 e. The quantitative estimate of drug-likeness (QED) is 0.714. The molecule has 118 valence electrons. The van der Waals surface area contributed by atoms with E-state index in [9.17, 15) is 22.8 Å². The fraction of sp³-hybridized carbons (Fsp3) is 0.833. The number of nitrogens with zero attached hydrogens (tertiary/aromatic N) is 1. The summed E-state index contributed by atoms with van der Waals surface area (Å²) in [5.41, 5.74) is 0. The monoisotopic (exact) mass is 298 g/mol. The van der Waals surface area contributed by atoms with Crippen molar-refractivity contribution >= 4 is 11.9 Å². The number of halogens is 3. The van der Waals surface area contributed by atoms with Gasteiger partial charge in [0.25, 0.3) is 0 Å². The van der Waals surface area contributed by atoms with E-state index in [1.807, 2.05) is 13.8 Å². The Morgan fingerprint density at radius 1 is 1.25 bits per heavy atom. The minimum atomic E-state index is -4.56. The number of aliphatic carboxylic acids is 1. The van der Waals surface area contributed by atoms with Gasteiger partial charge in [0, 0.05) is 6.04 Å². The fourth-order valence-corrected chi connectivity index (χ4v) is 1.71. The van der Waals surface area contributed by atoms with Gasteiger partial charge in [-0.1, -0.05) is 13.8 Å². The number of carbonyl (C=O) groups is 2. The van der Waals surface area contributed by atoms with Crippen molar-refractivity contribution in [3.05, 3.63) is 0 Å². The number of amides is 1. The average Bonchev–Trinajstić information content (AvgIpc) is 2.31. The molecule has 2 N–H and O–H groups in total. The van der Waals surface area contributed by atoms with Gasteiger partial charge in [-0.05, 0) is 19.8 Å². The summed E-state index contributed by atoms with van der Waals surface area (Å²) < 4.78 is 37.2. The van der Waals surface area contributed by atoms with Gasteiger partial charge >= 0.3 is 12.1 Å². The highest BCUT2D eigenvalue weighted by Gasteiger charge is 2.35. The van der Waals surface area contributed by atoms with Crippen molar-refractivity contribution in [2.24, 2.45) is 0 Å². The second-order valence-corrected chi connectivity index (χ2v) is 4.61. The van der Waals surface area contributed by atoms with Crippen molar-refractivity contribution in [3.63, 3.8) is 0 Å². The fourth-order valence-electron chi connectivity index (χ4n) is 1.71. The van der Waals surface area contributed by atoms with E-state index in [1.165, 1.54) is 6.92 Å². The third kappa shape index (κ3) is 7.32. The van der Waals surface area contributed by atoms with E-state index in [0.29, 0.717) is 17.7 Å². The number of carbonyl (C=O) groups excluding carboxylic acids is 1. The molecule has 0 spiro atoms. The van der Waals surface area contributed by atoms with Crippen molar-refractivity contribution in [1.82, 2.24) is 10.2 Å². The number of alkyl halides is 3. The Labute approximate surface area is 116 Å². The Morgan fingerprint density at radius 3 is 2.10 bits per heavy atom. The third-order valence-corrected chi connectivity index (χ3v) is 2.98. The zero-order chi connectivity index (χ0) is 15.9. The lowest BCUT2D eigenvalue weighted by Gasteiger charge is -2.28. The molecule has 0 heterocycles. The van der Waals surface area contributed by atoms with Crippen LogP contribution in [0.25, 0.3) is 0 Å². The molecule has 8 heteroatoms. The number of rotatable bonds is 8. The van der Waals surface area contributed by atoms with Gasteiger partial charge in [-0.2, -0.15) is 13.2 Å². The zero-order valence-corrected chi connectivity index (χ0v) is 11.8. The summed E-state index contributed by atoms with van der Waals surface area (Å²) in [6.07, 6.45) is -3.24. The molecule has 0 fully saturated rings. The second kappa shape index (κ2) is 8.08. The largest absolute Gasteiger partial charge is 0.480 e. The highest BCUT2D eigenvalue weighted by atomic mass is 19.4. The highest BCUT2D eigenvalue weighted by molar-refractivity contribution is 5.82. The maximum atomic E-state index is 12.4. The summed E-state index contributed by atoms with van der Waals surface area (Å²) in [4.78, 5) is 23.1. The van der Waals surface area contributed by atoms with E-state index in [1.54, 1.807) is 0 Å². The molecule has 0 saturated heterocycles. The second-order valence-electron chi connectivity index (χ2n) is 4.61. The van der Waals surface area contributed by atoms with Crippen molar-refractivity contribution in [1.29, 1.82) is 0 Å². The van der Waals surface area contributed by atoms with Crippen LogP contribution >= 0.6 is 0 Å². The number of carboxylic acids is 1. The summed E-state index contributed by atoms with van der Waals surface area (Å²) in [6.45, 7) is 2.70. The predicted octanol–water partition coefficient (Wildman–Crippen LogP) is 1.63. The zero-order valence-electron chi connectivity index (χ0n) is 11.8. The molecule has 0 bridgehead atoms. The van der Waals surface area contributed by atoms with Crippen LogP contribution in [-0.2, 0) is 9.59 Å². The molecule has 0 aliphatic rings. The van der Waals surface area contributed by atoms with Crippen LogP contribution in [0.4, 0.5) is 13.2 Å². The smallest absolute Gasteiger partial charge is 0.401 e. The lowest BCUT2D eigenvalue weighted by Crippen LogP contribution is -2.52. The van der Waals surface area contributed by atoms with Gasteiger partial charge in [0.15, 0.2) is 0 Å². The van der Waals surface area contributed by atoms with E-state index in [2.05, 4.69) is 5.32 Å². The molecule has 0 aliphatic carbocycles. The van der Waals surface area contributed by atoms with Gasteiger partial charge in [-0.15, -0.1) is 0 Å². The maximum Gasteiger partial charge on any atom is 0.401 e. The summed E-state index contributed by atoms with van der Waals surface area (Å²) in [5, 5.41) is 11.3. The van der Waals surface area contributed by atoms with Gasteiger partial charge in [-0.3, -0.25) is 14.5 Å². The molecule has 0 aliphatic heterocycles. The Hall–Kier alpha value is -1.31. The van der Waals surface area contributed by atoms with Crippen LogP contribution in [0.3, 0.4) is 0 Å². The molecule has 0 aromatic carbocycles. The van der Waals surface area contributed by atoms with E-state index >= 15 is 0 Å². The Morgan fingerprint density at radius 2 is 1.75 bits per heavy atom. The van der Waals surface area contributed by atoms with Gasteiger partial charge in [0.1, 0.15) is 0 Å². The molecule has 1 amide bonds. The minimum absolute atomic E-state index is 0.123. The Kier molecular flexibility index (Phi) is 7.55. The number of nitrogens with one attached hydrogen (secondary N) is 1. The molecule has 0 aromatic heterocycles. The Bertz CT molecular complexity index is 330. The topological polar surface area (TPSA) is 69.6 Å². The molecule has 0 aromatic rings. The average molecular weight is 298 g/mol. The molecule has 1 unspecified atom stereocenters. The SMILES string of the molecule is CCC(CC)NC(=O)C(C)N(CC(=O)O)CC(F)(F)F. The summed E-state index contributed by atoms with van der Waals surface area (Å²) in [7, 11) is 0. The molecular formula is C12H21F3N2O3. The first-order chi connectivity index (χ1) is 9.10. The molecule has 1 atom stereocenters. The molecule has 0 rings (SSSR count). The van der Waals surface area contributed by atoms with Gasteiger partial charge < -0.3 is 10.4 Å². The van der Waals surface area contributed by atoms with Crippen molar-refractivity contribution < 1.29 is 27.9 Å². The van der Waals surface area contributed by atoms with E-state index < -0.39 is 37.2 Å². The number of hydrogen-bond donors (Lipinski definition) is 2. The predicted molar refractivity (Wildman–Crippen MR) is 67.2 cm³/mol. The van der Waals surface area contributed by atoms with Crippen LogP contribution in [0.5, 0.6) is 0 Å². The van der Waals surface area contributed by atoms with Gasteiger partial charge in [0.05, 0.1) is 19.1 Å². The number of carboxylic acid groups (broad SMARTS) is 1. The van der Waals surface area contributed by atoms with E-state index in [4.69, 9.17) is 5.11 Å². The van der Waals surface area contributed by atoms with E-state index in [0.717, 1.165) is 0 Å². The van der Waals surface area contributed by atoms with Crippen LogP contribution < -0.4 is 5.32 Å². The highest BCUT2D eigenvalue weighted by Crippen LogP contribution is 2.18. The van der Waals surface area contributed by atoms with E-state index in [-0.39, 0.29) is 6.04 Å². The first-order valence-corrected chi connectivity index (χ1v) is 6.43. The first kappa shape index (κ1) is 18.7. The molecule has 5 nitrogen and oxygen atoms in total. The number of hydrogen-bond acceptors (Lipinski definition) is 3. The molecule has 0 radical (unpaired) electrons. The lowest BCUT2D eigenvalue weighted by molar-refractivity contribution is -0.160. The molecule has 20 heavy (non-hydrogen) atoms. The van der Waals surface area contributed by atoms with Crippen molar-refractivity contribution in [2.75, 3.05) is 13.1 Å².